The summed E-state index contributed by atoms with van der Waals surface area (Å²) in [6.07, 6.45) is 4.15. The van der Waals surface area contributed by atoms with Gasteiger partial charge in [0.2, 0.25) is 0 Å². The molecule has 16 heavy (non-hydrogen) atoms. The van der Waals surface area contributed by atoms with E-state index in [-0.39, 0.29) is 5.78 Å². The largest absolute Gasteiger partial charge is 0.330 e. The van der Waals surface area contributed by atoms with Crippen molar-refractivity contribution in [3.05, 3.63) is 42.9 Å². The third-order valence-corrected chi connectivity index (χ3v) is 2.49. The van der Waals surface area contributed by atoms with Crippen LogP contribution in [0, 0.1) is 0 Å². The lowest BCUT2D eigenvalue weighted by molar-refractivity contribution is -0.117. The van der Waals surface area contributed by atoms with Crippen molar-refractivity contribution in [2.24, 2.45) is 0 Å². The summed E-state index contributed by atoms with van der Waals surface area (Å²) in [5.74, 6) is 0.202. The maximum atomic E-state index is 11.0. The average Bonchev–Trinajstić information content (AvgIpc) is 2.75. The molecule has 1 aromatic carbocycles. The molecular formula is C13H14N2O. The number of Topliss-reactive ketones (excluding diaryl/α,β-unsaturated/α-hetero) is 1. The molecule has 0 saturated heterocycles. The number of benzene rings is 1. The molecule has 82 valence electrons. The first-order valence-electron chi connectivity index (χ1n) is 5.32. The first-order valence-corrected chi connectivity index (χ1v) is 5.32. The Morgan fingerprint density at radius 2 is 2.06 bits per heavy atom. The Balaban J connectivity index is 2.23. The highest BCUT2D eigenvalue weighted by molar-refractivity contribution is 5.75. The molecule has 0 amide bonds. The second-order valence-electron chi connectivity index (χ2n) is 3.79. The highest BCUT2D eigenvalue weighted by atomic mass is 16.1. The number of rotatable bonds is 4. The van der Waals surface area contributed by atoms with Crippen LogP contribution in [0.4, 0.5) is 0 Å². The Bertz CT molecular complexity index is 474. The average molecular weight is 214 g/mol. The minimum absolute atomic E-state index is 0.202. The van der Waals surface area contributed by atoms with Crippen LogP contribution < -0.4 is 0 Å². The zero-order valence-electron chi connectivity index (χ0n) is 9.26. The minimum atomic E-state index is 0.202. The van der Waals surface area contributed by atoms with Gasteiger partial charge in [-0.2, -0.15) is 0 Å². The van der Waals surface area contributed by atoms with Crippen molar-refractivity contribution in [3.8, 4) is 11.3 Å². The smallest absolute Gasteiger partial charge is 0.131 e. The minimum Gasteiger partial charge on any atom is -0.330 e. The topological polar surface area (TPSA) is 34.9 Å². The Hall–Kier alpha value is -1.90. The van der Waals surface area contributed by atoms with E-state index < -0.39 is 0 Å². The van der Waals surface area contributed by atoms with Gasteiger partial charge in [-0.25, -0.2) is 4.98 Å². The summed E-state index contributed by atoms with van der Waals surface area (Å²) in [5, 5.41) is 0. The number of imidazole rings is 1. The van der Waals surface area contributed by atoms with Crippen LogP contribution in [0.3, 0.4) is 0 Å². The quantitative estimate of drug-likeness (QED) is 0.783. The molecule has 0 fully saturated rings. The predicted octanol–water partition coefficient (Wildman–Crippen LogP) is 2.53. The second-order valence-corrected chi connectivity index (χ2v) is 3.79. The first kappa shape index (κ1) is 10.6. The maximum Gasteiger partial charge on any atom is 0.131 e. The fourth-order valence-electron chi connectivity index (χ4n) is 1.63. The van der Waals surface area contributed by atoms with Crippen LogP contribution in [0.1, 0.15) is 13.3 Å². The maximum absolute atomic E-state index is 11.0. The van der Waals surface area contributed by atoms with Crippen LogP contribution in [0.5, 0.6) is 0 Å². The highest BCUT2D eigenvalue weighted by Crippen LogP contribution is 2.18. The van der Waals surface area contributed by atoms with E-state index in [0.29, 0.717) is 13.0 Å². The molecule has 0 aliphatic rings. The van der Waals surface area contributed by atoms with Gasteiger partial charge in [0.1, 0.15) is 5.78 Å². The van der Waals surface area contributed by atoms with Crippen molar-refractivity contribution in [1.82, 2.24) is 9.55 Å². The molecule has 2 rings (SSSR count). The Kier molecular flexibility index (Phi) is 3.15. The standard InChI is InChI=1S/C13H14N2O/c1-11(16)7-8-15-10-14-9-13(15)12-5-3-2-4-6-12/h2-6,9-10H,7-8H2,1H3. The van der Waals surface area contributed by atoms with Crippen molar-refractivity contribution in [2.75, 3.05) is 0 Å². The van der Waals surface area contributed by atoms with E-state index in [0.717, 1.165) is 11.3 Å². The van der Waals surface area contributed by atoms with Crippen molar-refractivity contribution >= 4 is 5.78 Å². The van der Waals surface area contributed by atoms with Gasteiger partial charge in [-0.1, -0.05) is 30.3 Å². The molecule has 1 heterocycles. The number of nitrogens with zero attached hydrogens (tertiary/aromatic N) is 2. The number of ketones is 1. The Morgan fingerprint density at radius 3 is 2.75 bits per heavy atom. The molecule has 0 bridgehead atoms. The molecule has 0 N–H and O–H groups in total. The van der Waals surface area contributed by atoms with E-state index in [1.54, 1.807) is 13.3 Å². The number of carbonyl (C=O) groups excluding carboxylic acids is 1. The van der Waals surface area contributed by atoms with Gasteiger partial charge in [0, 0.05) is 13.0 Å². The van der Waals surface area contributed by atoms with Crippen LogP contribution in [-0.2, 0) is 11.3 Å². The number of aromatic nitrogens is 2. The van der Waals surface area contributed by atoms with Crippen molar-refractivity contribution < 1.29 is 4.79 Å². The van der Waals surface area contributed by atoms with E-state index in [4.69, 9.17) is 0 Å². The lowest BCUT2D eigenvalue weighted by Crippen LogP contribution is -2.02. The summed E-state index contributed by atoms with van der Waals surface area (Å²) in [4.78, 5) is 15.1. The van der Waals surface area contributed by atoms with Crippen molar-refractivity contribution in [3.63, 3.8) is 0 Å². The van der Waals surface area contributed by atoms with Crippen LogP contribution in [-0.4, -0.2) is 15.3 Å². The molecule has 0 radical (unpaired) electrons. The summed E-state index contributed by atoms with van der Waals surface area (Å²) >= 11 is 0. The Labute approximate surface area is 94.7 Å². The van der Waals surface area contributed by atoms with Crippen molar-refractivity contribution in [2.45, 2.75) is 19.9 Å². The molecule has 0 saturated carbocycles. The predicted molar refractivity (Wildman–Crippen MR) is 63.0 cm³/mol. The molecule has 0 unspecified atom stereocenters. The van der Waals surface area contributed by atoms with Gasteiger partial charge >= 0.3 is 0 Å². The molecule has 0 aliphatic heterocycles. The summed E-state index contributed by atoms with van der Waals surface area (Å²) < 4.78 is 2.01. The number of carbonyl (C=O) groups is 1. The fourth-order valence-corrected chi connectivity index (χ4v) is 1.63. The summed E-state index contributed by atoms with van der Waals surface area (Å²) in [6.45, 7) is 2.30. The van der Waals surface area contributed by atoms with Crippen LogP contribution in [0.25, 0.3) is 11.3 Å². The van der Waals surface area contributed by atoms with E-state index in [2.05, 4.69) is 4.98 Å². The van der Waals surface area contributed by atoms with E-state index in [9.17, 15) is 4.79 Å². The summed E-state index contributed by atoms with van der Waals surface area (Å²) in [7, 11) is 0. The number of aryl methyl sites for hydroxylation is 1. The van der Waals surface area contributed by atoms with Gasteiger partial charge < -0.3 is 4.57 Å². The lowest BCUT2D eigenvalue weighted by Gasteiger charge is -2.06. The van der Waals surface area contributed by atoms with Gasteiger partial charge in [0.05, 0.1) is 18.2 Å². The molecule has 0 aliphatic carbocycles. The van der Waals surface area contributed by atoms with Gasteiger partial charge in [0.25, 0.3) is 0 Å². The third kappa shape index (κ3) is 2.37. The molecule has 3 nitrogen and oxygen atoms in total. The fraction of sp³-hybridized carbons (Fsp3) is 0.231. The van der Waals surface area contributed by atoms with Gasteiger partial charge in [-0.15, -0.1) is 0 Å². The van der Waals surface area contributed by atoms with Crippen LogP contribution in [0.15, 0.2) is 42.9 Å². The van der Waals surface area contributed by atoms with E-state index in [1.165, 1.54) is 0 Å². The second kappa shape index (κ2) is 4.75. The van der Waals surface area contributed by atoms with Crippen LogP contribution >= 0.6 is 0 Å². The third-order valence-electron chi connectivity index (χ3n) is 2.49. The number of hydrogen-bond donors (Lipinski definition) is 0. The molecule has 0 atom stereocenters. The van der Waals surface area contributed by atoms with Crippen LogP contribution in [0.2, 0.25) is 0 Å². The molecule has 3 heteroatoms. The molecule has 0 spiro atoms. The normalized spacial score (nSPS) is 10.3. The van der Waals surface area contributed by atoms with Gasteiger partial charge in [0.15, 0.2) is 0 Å². The zero-order chi connectivity index (χ0) is 11.4. The monoisotopic (exact) mass is 214 g/mol. The molecular weight excluding hydrogens is 200 g/mol. The Morgan fingerprint density at radius 1 is 1.31 bits per heavy atom. The van der Waals surface area contributed by atoms with Gasteiger partial charge in [-0.3, -0.25) is 4.79 Å². The summed E-state index contributed by atoms with van der Waals surface area (Å²) in [6, 6.07) is 10.1. The van der Waals surface area contributed by atoms with Gasteiger partial charge in [-0.05, 0) is 12.5 Å². The zero-order valence-corrected chi connectivity index (χ0v) is 9.26. The van der Waals surface area contributed by atoms with E-state index >= 15 is 0 Å². The SMILES string of the molecule is CC(=O)CCn1cncc1-c1ccccc1. The van der Waals surface area contributed by atoms with E-state index in [1.807, 2.05) is 41.1 Å². The lowest BCUT2D eigenvalue weighted by atomic mass is 10.1. The highest BCUT2D eigenvalue weighted by Gasteiger charge is 2.04. The van der Waals surface area contributed by atoms with Crippen molar-refractivity contribution in [1.29, 1.82) is 0 Å². The molecule has 2 aromatic rings. The number of hydrogen-bond acceptors (Lipinski definition) is 2. The molecule has 1 aromatic heterocycles. The summed E-state index contributed by atoms with van der Waals surface area (Å²) in [5.41, 5.74) is 2.19. The first-order chi connectivity index (χ1) is 7.77.